The fraction of sp³-hybridized carbons (Fsp3) is 0.556. The smallest absolute Gasteiger partial charge is 0.246 e. The molecule has 1 aromatic carbocycles. The number of aromatic nitrogens is 2. The van der Waals surface area contributed by atoms with Gasteiger partial charge in [-0.3, -0.25) is 9.48 Å². The minimum Gasteiger partial charge on any atom is -0.494 e. The van der Waals surface area contributed by atoms with E-state index in [9.17, 15) is 4.79 Å². The molecule has 0 bridgehead atoms. The van der Waals surface area contributed by atoms with Crippen LogP contribution >= 0.6 is 0 Å². The Morgan fingerprint density at radius 1 is 1.15 bits per heavy atom. The van der Waals surface area contributed by atoms with Crippen LogP contribution < -0.4 is 9.64 Å². The van der Waals surface area contributed by atoms with E-state index in [2.05, 4.69) is 53.2 Å². The van der Waals surface area contributed by atoms with Crippen LogP contribution in [0.4, 0.5) is 5.69 Å². The molecule has 2 aromatic rings. The maximum atomic E-state index is 12.7. The molecule has 7 nitrogen and oxygen atoms in total. The number of piperidine rings is 1. The quantitative estimate of drug-likeness (QED) is 0.557. The second kappa shape index (κ2) is 11.6. The first-order valence-corrected chi connectivity index (χ1v) is 12.7. The monoisotopic (exact) mass is 465 g/mol. The third-order valence-electron chi connectivity index (χ3n) is 6.95. The number of rotatable bonds is 8. The van der Waals surface area contributed by atoms with E-state index in [0.29, 0.717) is 25.1 Å². The first-order valence-electron chi connectivity index (χ1n) is 12.7. The summed E-state index contributed by atoms with van der Waals surface area (Å²) < 4.78 is 7.57. The Labute approximate surface area is 204 Å². The van der Waals surface area contributed by atoms with Crippen LogP contribution in [0.15, 0.2) is 48.8 Å². The molecule has 3 heterocycles. The van der Waals surface area contributed by atoms with Crippen LogP contribution in [0.5, 0.6) is 5.75 Å². The van der Waals surface area contributed by atoms with Gasteiger partial charge in [0, 0.05) is 38.4 Å². The molecule has 0 atom stereocenters. The van der Waals surface area contributed by atoms with Crippen molar-refractivity contribution in [3.63, 3.8) is 0 Å². The molecule has 7 heteroatoms. The number of carbonyl (C=O) groups is 1. The molecular weight excluding hydrogens is 426 g/mol. The predicted molar refractivity (Wildman–Crippen MR) is 136 cm³/mol. The first-order chi connectivity index (χ1) is 16.5. The van der Waals surface area contributed by atoms with Gasteiger partial charge in [0.2, 0.25) is 5.91 Å². The molecule has 4 rings (SSSR count). The van der Waals surface area contributed by atoms with Gasteiger partial charge in [-0.05, 0) is 76.4 Å². The SMILES string of the molecule is CCOc1cccc(Cn2cc(N3CCN(C(=O)/C=C/C4CCN(C(C)C)CC4)CC3)cn2)c1. The Morgan fingerprint density at radius 2 is 1.91 bits per heavy atom. The van der Waals surface area contributed by atoms with Gasteiger partial charge in [-0.1, -0.05) is 18.2 Å². The lowest BCUT2D eigenvalue weighted by Gasteiger charge is -2.35. The number of likely N-dealkylation sites (tertiary alicyclic amines) is 1. The number of anilines is 1. The summed E-state index contributed by atoms with van der Waals surface area (Å²) in [6, 6.07) is 8.77. The fourth-order valence-electron chi connectivity index (χ4n) is 4.83. The Morgan fingerprint density at radius 3 is 2.62 bits per heavy atom. The number of allylic oxidation sites excluding steroid dienone is 1. The predicted octanol–water partition coefficient (Wildman–Crippen LogP) is 3.66. The zero-order valence-electron chi connectivity index (χ0n) is 20.9. The summed E-state index contributed by atoms with van der Waals surface area (Å²) in [5, 5.41) is 4.55. The molecule has 1 aromatic heterocycles. The highest BCUT2D eigenvalue weighted by Gasteiger charge is 2.22. The Balaban J connectivity index is 1.24. The number of benzene rings is 1. The van der Waals surface area contributed by atoms with E-state index >= 15 is 0 Å². The standard InChI is InChI=1S/C27H39N5O2/c1-4-34-26-7-5-6-24(18-26)20-32-21-25(19-28-32)30-14-16-31(17-15-30)27(33)9-8-23-10-12-29(13-11-23)22(2)3/h5-9,18-19,21-23H,4,10-17,20H2,1-3H3/b9-8+. The number of hydrogen-bond acceptors (Lipinski definition) is 5. The summed E-state index contributed by atoms with van der Waals surface area (Å²) in [6.45, 7) is 13.3. The van der Waals surface area contributed by atoms with Gasteiger partial charge in [0.15, 0.2) is 0 Å². The van der Waals surface area contributed by atoms with E-state index in [-0.39, 0.29) is 5.91 Å². The Bertz CT molecular complexity index is 953. The van der Waals surface area contributed by atoms with Crippen molar-refractivity contribution in [1.29, 1.82) is 0 Å². The molecule has 2 aliphatic rings. The summed E-state index contributed by atoms with van der Waals surface area (Å²) in [7, 11) is 0. The zero-order chi connectivity index (χ0) is 23.9. The molecule has 0 spiro atoms. The lowest BCUT2D eigenvalue weighted by molar-refractivity contribution is -0.126. The summed E-state index contributed by atoms with van der Waals surface area (Å²) in [4.78, 5) is 19.5. The van der Waals surface area contributed by atoms with E-state index in [4.69, 9.17) is 4.74 Å². The second-order valence-corrected chi connectivity index (χ2v) is 9.62. The molecule has 0 N–H and O–H groups in total. The topological polar surface area (TPSA) is 53.8 Å². The Kier molecular flexibility index (Phi) is 8.27. The van der Waals surface area contributed by atoms with Crippen LogP contribution in [0.25, 0.3) is 0 Å². The molecule has 184 valence electrons. The number of hydrogen-bond donors (Lipinski definition) is 0. The lowest BCUT2D eigenvalue weighted by Crippen LogP contribution is -2.48. The minimum atomic E-state index is 0.149. The molecule has 2 saturated heterocycles. The number of carbonyl (C=O) groups excluding carboxylic acids is 1. The molecule has 0 aliphatic carbocycles. The van der Waals surface area contributed by atoms with Crippen molar-refractivity contribution in [2.45, 2.75) is 46.2 Å². The molecule has 0 saturated carbocycles. The van der Waals surface area contributed by atoms with Gasteiger partial charge < -0.3 is 19.4 Å². The number of ether oxygens (including phenoxy) is 1. The zero-order valence-corrected chi connectivity index (χ0v) is 20.9. The van der Waals surface area contributed by atoms with Gasteiger partial charge in [-0.15, -0.1) is 0 Å². The molecule has 0 radical (unpaired) electrons. The van der Waals surface area contributed by atoms with Crippen LogP contribution in [-0.2, 0) is 11.3 Å². The largest absolute Gasteiger partial charge is 0.494 e. The summed E-state index contributed by atoms with van der Waals surface area (Å²) in [5.74, 6) is 1.57. The van der Waals surface area contributed by atoms with E-state index < -0.39 is 0 Å². The molecule has 34 heavy (non-hydrogen) atoms. The van der Waals surface area contributed by atoms with Gasteiger partial charge in [0.25, 0.3) is 0 Å². The van der Waals surface area contributed by atoms with E-state index in [0.717, 1.165) is 69.1 Å². The van der Waals surface area contributed by atoms with Gasteiger partial charge in [-0.25, -0.2) is 0 Å². The van der Waals surface area contributed by atoms with Crippen molar-refractivity contribution >= 4 is 11.6 Å². The van der Waals surface area contributed by atoms with Gasteiger partial charge in [0.1, 0.15) is 5.75 Å². The number of amides is 1. The van der Waals surface area contributed by atoms with Crippen molar-refractivity contribution in [2.75, 3.05) is 50.8 Å². The molecule has 0 unspecified atom stereocenters. The second-order valence-electron chi connectivity index (χ2n) is 9.62. The van der Waals surface area contributed by atoms with E-state index in [1.165, 1.54) is 0 Å². The van der Waals surface area contributed by atoms with Crippen LogP contribution in [0.3, 0.4) is 0 Å². The van der Waals surface area contributed by atoms with Crippen molar-refractivity contribution < 1.29 is 9.53 Å². The summed E-state index contributed by atoms with van der Waals surface area (Å²) in [5.41, 5.74) is 2.28. The van der Waals surface area contributed by atoms with Crippen LogP contribution in [0.2, 0.25) is 0 Å². The van der Waals surface area contributed by atoms with Gasteiger partial charge in [0.05, 0.1) is 25.0 Å². The maximum absolute atomic E-state index is 12.7. The lowest BCUT2D eigenvalue weighted by atomic mass is 9.95. The average molecular weight is 466 g/mol. The highest BCUT2D eigenvalue weighted by atomic mass is 16.5. The molecule has 2 fully saturated rings. The van der Waals surface area contributed by atoms with Crippen molar-refractivity contribution in [2.24, 2.45) is 5.92 Å². The Hall–Kier alpha value is -2.80. The molecule has 2 aliphatic heterocycles. The molecular formula is C27H39N5O2. The number of piperazine rings is 1. The fourth-order valence-corrected chi connectivity index (χ4v) is 4.83. The van der Waals surface area contributed by atoms with E-state index in [1.807, 2.05) is 40.9 Å². The highest BCUT2D eigenvalue weighted by Crippen LogP contribution is 2.21. The van der Waals surface area contributed by atoms with E-state index in [1.54, 1.807) is 0 Å². The minimum absolute atomic E-state index is 0.149. The highest BCUT2D eigenvalue weighted by molar-refractivity contribution is 5.87. The number of nitrogens with zero attached hydrogens (tertiary/aromatic N) is 5. The van der Waals surface area contributed by atoms with Gasteiger partial charge >= 0.3 is 0 Å². The maximum Gasteiger partial charge on any atom is 0.246 e. The van der Waals surface area contributed by atoms with Crippen molar-refractivity contribution in [3.05, 3.63) is 54.4 Å². The third-order valence-corrected chi connectivity index (χ3v) is 6.95. The van der Waals surface area contributed by atoms with Crippen molar-refractivity contribution in [1.82, 2.24) is 19.6 Å². The first kappa shape index (κ1) is 24.3. The van der Waals surface area contributed by atoms with Gasteiger partial charge in [-0.2, -0.15) is 5.10 Å². The average Bonchev–Trinajstić information content (AvgIpc) is 3.32. The summed E-state index contributed by atoms with van der Waals surface area (Å²) in [6.07, 6.45) is 10.3. The summed E-state index contributed by atoms with van der Waals surface area (Å²) >= 11 is 0. The van der Waals surface area contributed by atoms with Crippen LogP contribution in [0.1, 0.15) is 39.2 Å². The van der Waals surface area contributed by atoms with Crippen molar-refractivity contribution in [3.8, 4) is 5.75 Å². The molecule has 1 amide bonds. The van der Waals surface area contributed by atoms with Crippen LogP contribution in [-0.4, -0.2) is 77.4 Å². The third kappa shape index (κ3) is 6.41. The normalized spacial score (nSPS) is 18.2. The van der Waals surface area contributed by atoms with Crippen LogP contribution in [0, 0.1) is 5.92 Å².